The van der Waals surface area contributed by atoms with Crippen LogP contribution in [0.4, 0.5) is 0 Å². The minimum absolute atomic E-state index is 0.0779. The Bertz CT molecular complexity index is 727. The third-order valence-corrected chi connectivity index (χ3v) is 4.20. The molecule has 1 aromatic carbocycles. The number of hydrogen-bond acceptors (Lipinski definition) is 3. The zero-order valence-electron chi connectivity index (χ0n) is 8.89. The molecule has 0 radical (unpaired) electrons. The lowest BCUT2D eigenvalue weighted by Crippen LogP contribution is -2.29. The first kappa shape index (κ1) is 10.9. The van der Waals surface area contributed by atoms with Gasteiger partial charge in [0.15, 0.2) is 4.80 Å². The molecule has 0 unspecified atom stereocenters. The van der Waals surface area contributed by atoms with Crippen LogP contribution in [0, 0.1) is 0 Å². The maximum Gasteiger partial charge on any atom is 0.270 e. The average Bonchev–Trinajstić information content (AvgIpc) is 2.87. The third-order valence-electron chi connectivity index (χ3n) is 2.63. The van der Waals surface area contributed by atoms with Crippen molar-refractivity contribution in [3.05, 3.63) is 54.0 Å². The second-order valence-electron chi connectivity index (χ2n) is 3.78. The molecule has 3 nitrogen and oxygen atoms in total. The first-order valence-electron chi connectivity index (χ1n) is 5.25. The molecule has 3 rings (SSSR count). The van der Waals surface area contributed by atoms with E-state index in [4.69, 9.17) is 0 Å². The van der Waals surface area contributed by atoms with Crippen LogP contribution in [0.3, 0.4) is 0 Å². The predicted molar refractivity (Wildman–Crippen MR) is 71.9 cm³/mol. The molecule has 0 atom stereocenters. The van der Waals surface area contributed by atoms with Crippen LogP contribution < -0.4 is 14.9 Å². The van der Waals surface area contributed by atoms with Crippen molar-refractivity contribution < 1.29 is 0 Å². The summed E-state index contributed by atoms with van der Waals surface area (Å²) in [5, 5.41) is 0. The van der Waals surface area contributed by atoms with Crippen LogP contribution in [-0.4, -0.2) is 11.1 Å². The lowest BCUT2D eigenvalue weighted by atomic mass is 10.2. The maximum atomic E-state index is 12.0. The fourth-order valence-corrected chi connectivity index (χ4v) is 3.07. The van der Waals surface area contributed by atoms with Crippen LogP contribution in [0.2, 0.25) is 0 Å². The smallest absolute Gasteiger partial charge is 0.270 e. The number of nitrogens with zero attached hydrogens (tertiary/aromatic N) is 2. The molecule has 0 fully saturated rings. The van der Waals surface area contributed by atoms with Crippen molar-refractivity contribution in [2.45, 2.75) is 6.54 Å². The highest BCUT2D eigenvalue weighted by Gasteiger charge is 2.09. The summed E-state index contributed by atoms with van der Waals surface area (Å²) in [4.78, 5) is 17.1. The molecular weight excluding hydrogens is 300 g/mol. The zero-order chi connectivity index (χ0) is 11.8. The van der Waals surface area contributed by atoms with E-state index in [1.165, 1.54) is 11.3 Å². The van der Waals surface area contributed by atoms with E-state index in [9.17, 15) is 4.79 Å². The van der Waals surface area contributed by atoms with Crippen LogP contribution in [0.5, 0.6) is 0 Å². The van der Waals surface area contributed by atoms with E-state index in [0.717, 1.165) is 32.5 Å². The summed E-state index contributed by atoms with van der Waals surface area (Å²) in [5.74, 6) is 0. The molecule has 0 aliphatic carbocycles. The molecule has 0 saturated heterocycles. The Hall–Kier alpha value is -1.20. The van der Waals surface area contributed by atoms with E-state index in [2.05, 4.69) is 20.9 Å². The van der Waals surface area contributed by atoms with Crippen molar-refractivity contribution in [3.63, 3.8) is 0 Å². The molecule has 0 spiro atoms. The van der Waals surface area contributed by atoms with Crippen LogP contribution in [0.1, 0.15) is 5.56 Å². The van der Waals surface area contributed by atoms with Crippen molar-refractivity contribution in [2.24, 2.45) is 4.99 Å². The van der Waals surface area contributed by atoms with Gasteiger partial charge in [0.05, 0.1) is 11.1 Å². The molecule has 2 aromatic rings. The van der Waals surface area contributed by atoms with E-state index in [1.54, 1.807) is 4.57 Å². The number of rotatable bonds is 1. The standard InChI is InChI=1S/C12H9BrN2OS/c13-9-3-1-8(2-4-9)7-10-11(16)15-6-5-14-12(15)17-10/h1-4,7H,5-6H2/b10-7+. The fourth-order valence-electron chi connectivity index (χ4n) is 1.78. The number of aromatic nitrogens is 1. The summed E-state index contributed by atoms with van der Waals surface area (Å²) in [7, 11) is 0. The Kier molecular flexibility index (Phi) is 2.72. The first-order valence-corrected chi connectivity index (χ1v) is 6.86. The van der Waals surface area contributed by atoms with Gasteiger partial charge in [-0.1, -0.05) is 39.4 Å². The Morgan fingerprint density at radius 2 is 2.12 bits per heavy atom. The molecule has 17 heavy (non-hydrogen) atoms. The van der Waals surface area contributed by atoms with Gasteiger partial charge in [-0.2, -0.15) is 0 Å². The van der Waals surface area contributed by atoms with Crippen LogP contribution >= 0.6 is 27.3 Å². The van der Waals surface area contributed by atoms with E-state index >= 15 is 0 Å². The van der Waals surface area contributed by atoms with E-state index in [1.807, 2.05) is 30.3 Å². The number of fused-ring (bicyclic) bond motifs is 1. The van der Waals surface area contributed by atoms with E-state index in [-0.39, 0.29) is 5.56 Å². The molecule has 0 saturated carbocycles. The molecule has 1 aromatic heterocycles. The summed E-state index contributed by atoms with van der Waals surface area (Å²) in [6.45, 7) is 1.46. The third kappa shape index (κ3) is 2.00. The average molecular weight is 309 g/mol. The van der Waals surface area contributed by atoms with Gasteiger partial charge in [0.2, 0.25) is 0 Å². The summed E-state index contributed by atoms with van der Waals surface area (Å²) >= 11 is 4.85. The molecule has 0 amide bonds. The molecule has 0 N–H and O–H groups in total. The second-order valence-corrected chi connectivity index (χ2v) is 5.71. The monoisotopic (exact) mass is 308 g/mol. The second kappa shape index (κ2) is 4.23. The highest BCUT2D eigenvalue weighted by atomic mass is 79.9. The van der Waals surface area contributed by atoms with Gasteiger partial charge < -0.3 is 0 Å². The summed E-state index contributed by atoms with van der Waals surface area (Å²) in [5.41, 5.74) is 1.11. The molecular formula is C12H9BrN2OS. The largest absolute Gasteiger partial charge is 0.282 e. The van der Waals surface area contributed by atoms with Crippen molar-refractivity contribution in [1.82, 2.24) is 4.57 Å². The van der Waals surface area contributed by atoms with E-state index < -0.39 is 0 Å². The van der Waals surface area contributed by atoms with Crippen LogP contribution in [-0.2, 0) is 6.54 Å². The van der Waals surface area contributed by atoms with Crippen molar-refractivity contribution in [1.29, 1.82) is 0 Å². The SMILES string of the molecule is O=c1/c(=C\c2ccc(Br)cc2)sc2n1CCN=2. The minimum atomic E-state index is 0.0779. The molecule has 2 heterocycles. The Morgan fingerprint density at radius 1 is 1.35 bits per heavy atom. The lowest BCUT2D eigenvalue weighted by molar-refractivity contribution is 0.740. The molecule has 1 aliphatic rings. The van der Waals surface area contributed by atoms with Gasteiger partial charge in [0.25, 0.3) is 5.56 Å². The maximum absolute atomic E-state index is 12.0. The topological polar surface area (TPSA) is 34.4 Å². The van der Waals surface area contributed by atoms with Gasteiger partial charge in [-0.3, -0.25) is 14.4 Å². The minimum Gasteiger partial charge on any atom is -0.282 e. The normalized spacial score (nSPS) is 14.8. The number of halogens is 1. The van der Waals surface area contributed by atoms with Gasteiger partial charge in [-0.05, 0) is 23.8 Å². The lowest BCUT2D eigenvalue weighted by Gasteiger charge is -1.92. The van der Waals surface area contributed by atoms with Gasteiger partial charge >= 0.3 is 0 Å². The Morgan fingerprint density at radius 3 is 2.82 bits per heavy atom. The predicted octanol–water partition coefficient (Wildman–Crippen LogP) is 1.13. The van der Waals surface area contributed by atoms with Crippen molar-refractivity contribution in [2.75, 3.05) is 6.54 Å². The number of thiazole rings is 1. The summed E-state index contributed by atoms with van der Waals surface area (Å²) < 4.78 is 3.54. The van der Waals surface area contributed by atoms with Gasteiger partial charge in [-0.25, -0.2) is 0 Å². The number of hydrogen-bond donors (Lipinski definition) is 0. The Balaban J connectivity index is 2.17. The van der Waals surface area contributed by atoms with Gasteiger partial charge in [-0.15, -0.1) is 0 Å². The number of benzene rings is 1. The van der Waals surface area contributed by atoms with Gasteiger partial charge in [0.1, 0.15) is 0 Å². The zero-order valence-corrected chi connectivity index (χ0v) is 11.3. The molecule has 86 valence electrons. The van der Waals surface area contributed by atoms with E-state index in [0.29, 0.717) is 0 Å². The first-order chi connectivity index (χ1) is 8.24. The summed E-state index contributed by atoms with van der Waals surface area (Å²) in [6, 6.07) is 7.90. The molecule has 1 aliphatic heterocycles. The van der Waals surface area contributed by atoms with Crippen molar-refractivity contribution >= 4 is 33.3 Å². The van der Waals surface area contributed by atoms with Crippen LogP contribution in [0.25, 0.3) is 6.08 Å². The Labute approximate surface area is 110 Å². The van der Waals surface area contributed by atoms with Crippen LogP contribution in [0.15, 0.2) is 38.5 Å². The van der Waals surface area contributed by atoms with Gasteiger partial charge in [0, 0.05) is 11.0 Å². The quantitative estimate of drug-likeness (QED) is 0.778. The summed E-state index contributed by atoms with van der Waals surface area (Å²) in [6.07, 6.45) is 1.92. The van der Waals surface area contributed by atoms with Crippen molar-refractivity contribution in [3.8, 4) is 0 Å². The molecule has 0 bridgehead atoms. The highest BCUT2D eigenvalue weighted by molar-refractivity contribution is 9.10. The highest BCUT2D eigenvalue weighted by Crippen LogP contribution is 2.10. The molecule has 5 heteroatoms. The fraction of sp³-hybridized carbons (Fsp3) is 0.167.